The number of nitrogens with zero attached hydrogens (tertiary/aromatic N) is 1. The third kappa shape index (κ3) is 4.47. The Bertz CT molecular complexity index is 1050. The normalized spacial score (nSPS) is 11.4. The molecule has 0 fully saturated rings. The monoisotopic (exact) mass is 428 g/mol. The summed E-state index contributed by atoms with van der Waals surface area (Å²) in [5, 5.41) is 14.9. The number of phenolic OH excluding ortho intramolecular Hbond substituents is 1. The summed E-state index contributed by atoms with van der Waals surface area (Å²) in [5.74, 6) is 0.418. The van der Waals surface area contributed by atoms with E-state index >= 15 is 0 Å². The number of halogens is 1. The molecular weight excluding hydrogens is 400 g/mol. The van der Waals surface area contributed by atoms with Gasteiger partial charge in [-0.25, -0.2) is 0 Å². The lowest BCUT2D eigenvalue weighted by atomic mass is 10.0. The van der Waals surface area contributed by atoms with E-state index in [2.05, 4.69) is 24.1 Å². The van der Waals surface area contributed by atoms with E-state index in [-0.39, 0.29) is 11.7 Å². The first-order valence-electron chi connectivity index (χ1n) is 10.4. The smallest absolute Gasteiger partial charge is 0.259 e. The number of aromatic hydroxyl groups is 1. The van der Waals surface area contributed by atoms with Crippen LogP contribution in [0.15, 0.2) is 34.7 Å². The molecule has 0 unspecified atom stereocenters. The van der Waals surface area contributed by atoms with Crippen LogP contribution in [0, 0.1) is 13.8 Å². The Labute approximate surface area is 182 Å². The molecule has 160 valence electrons. The Balaban J connectivity index is 2.06. The average molecular weight is 429 g/mol. The minimum absolute atomic E-state index is 0.175. The van der Waals surface area contributed by atoms with Crippen molar-refractivity contribution in [1.29, 1.82) is 0 Å². The summed E-state index contributed by atoms with van der Waals surface area (Å²) in [6, 6.07) is 8.76. The molecule has 3 rings (SSSR count). The third-order valence-corrected chi connectivity index (χ3v) is 5.73. The van der Waals surface area contributed by atoms with Crippen LogP contribution in [0.25, 0.3) is 11.0 Å². The van der Waals surface area contributed by atoms with Crippen LogP contribution in [-0.2, 0) is 6.54 Å². The van der Waals surface area contributed by atoms with Gasteiger partial charge in [0.15, 0.2) is 0 Å². The van der Waals surface area contributed by atoms with Gasteiger partial charge in [0.1, 0.15) is 17.1 Å². The number of hydrogen-bond donors (Lipinski definition) is 2. The summed E-state index contributed by atoms with van der Waals surface area (Å²) in [7, 11) is 0. The number of anilines is 1. The van der Waals surface area contributed by atoms with Crippen LogP contribution in [-0.4, -0.2) is 29.0 Å². The zero-order valence-corrected chi connectivity index (χ0v) is 18.8. The molecule has 3 aromatic rings. The molecule has 2 N–H and O–H groups in total. The molecule has 30 heavy (non-hydrogen) atoms. The standard InChI is InChI=1S/C24H29ClN2O3/c1-5-12-27(13-6-2)14-17-20(28)10-11-21-23(17)22(16(4)30-21)24(29)26-19-9-7-8-18(25)15(19)3/h7-11,28H,5-6,12-14H2,1-4H3,(H,26,29). The topological polar surface area (TPSA) is 65.7 Å². The lowest BCUT2D eigenvalue weighted by Crippen LogP contribution is -2.25. The highest BCUT2D eigenvalue weighted by molar-refractivity contribution is 6.31. The first kappa shape index (κ1) is 22.2. The van der Waals surface area contributed by atoms with Gasteiger partial charge in [0.05, 0.1) is 5.56 Å². The maximum atomic E-state index is 13.3. The van der Waals surface area contributed by atoms with Crippen molar-refractivity contribution in [2.24, 2.45) is 0 Å². The van der Waals surface area contributed by atoms with Crippen molar-refractivity contribution in [1.82, 2.24) is 4.90 Å². The summed E-state index contributed by atoms with van der Waals surface area (Å²) in [6.45, 7) is 10.3. The van der Waals surface area contributed by atoms with Crippen molar-refractivity contribution >= 4 is 34.2 Å². The van der Waals surface area contributed by atoms with Gasteiger partial charge in [-0.2, -0.15) is 0 Å². The number of amides is 1. The van der Waals surface area contributed by atoms with E-state index in [4.69, 9.17) is 16.0 Å². The summed E-state index contributed by atoms with van der Waals surface area (Å²) < 4.78 is 5.89. The molecule has 0 aliphatic rings. The Morgan fingerprint density at radius 2 is 1.83 bits per heavy atom. The van der Waals surface area contributed by atoms with Crippen molar-refractivity contribution in [3.63, 3.8) is 0 Å². The van der Waals surface area contributed by atoms with Gasteiger partial charge < -0.3 is 14.8 Å². The van der Waals surface area contributed by atoms with Crippen molar-refractivity contribution < 1.29 is 14.3 Å². The molecule has 2 aromatic carbocycles. The summed E-state index contributed by atoms with van der Waals surface area (Å²) in [6.07, 6.45) is 2.03. The Morgan fingerprint density at radius 3 is 2.50 bits per heavy atom. The largest absolute Gasteiger partial charge is 0.508 e. The number of benzene rings is 2. The molecule has 5 nitrogen and oxygen atoms in total. The van der Waals surface area contributed by atoms with Gasteiger partial charge in [0, 0.05) is 28.2 Å². The SMILES string of the molecule is CCCN(CCC)Cc1c(O)ccc2oc(C)c(C(=O)Nc3cccc(Cl)c3C)c12. The predicted octanol–water partition coefficient (Wildman–Crippen LogP) is 6.28. The Morgan fingerprint density at radius 1 is 1.13 bits per heavy atom. The van der Waals surface area contributed by atoms with Crippen LogP contribution in [0.2, 0.25) is 5.02 Å². The van der Waals surface area contributed by atoms with E-state index in [1.54, 1.807) is 31.2 Å². The van der Waals surface area contributed by atoms with Crippen LogP contribution in [0.3, 0.4) is 0 Å². The lowest BCUT2D eigenvalue weighted by molar-refractivity contribution is 0.102. The van der Waals surface area contributed by atoms with Gasteiger partial charge in [-0.1, -0.05) is 31.5 Å². The highest BCUT2D eigenvalue weighted by atomic mass is 35.5. The van der Waals surface area contributed by atoms with E-state index < -0.39 is 0 Å². The highest BCUT2D eigenvalue weighted by Crippen LogP contribution is 2.35. The number of rotatable bonds is 8. The molecule has 6 heteroatoms. The maximum absolute atomic E-state index is 13.3. The van der Waals surface area contributed by atoms with Crippen LogP contribution in [0.1, 0.15) is 53.9 Å². The quantitative estimate of drug-likeness (QED) is 0.443. The van der Waals surface area contributed by atoms with E-state index in [0.717, 1.165) is 37.1 Å². The molecule has 0 atom stereocenters. The number of nitrogens with one attached hydrogen (secondary N) is 1. The number of fused-ring (bicyclic) bond motifs is 1. The van der Waals surface area contributed by atoms with Crippen molar-refractivity contribution in [2.75, 3.05) is 18.4 Å². The Kier molecular flexibility index (Phi) is 7.06. The van der Waals surface area contributed by atoms with Gasteiger partial charge in [-0.05, 0) is 69.6 Å². The maximum Gasteiger partial charge on any atom is 0.259 e. The molecule has 0 spiro atoms. The molecule has 1 aromatic heterocycles. The third-order valence-electron chi connectivity index (χ3n) is 5.32. The molecule has 0 saturated heterocycles. The lowest BCUT2D eigenvalue weighted by Gasteiger charge is -2.22. The molecule has 0 radical (unpaired) electrons. The van der Waals surface area contributed by atoms with Gasteiger partial charge in [0.25, 0.3) is 5.91 Å². The number of carbonyl (C=O) groups excluding carboxylic acids is 1. The molecule has 0 aliphatic heterocycles. The molecule has 0 saturated carbocycles. The van der Waals surface area contributed by atoms with Crippen molar-refractivity contribution in [3.8, 4) is 5.75 Å². The van der Waals surface area contributed by atoms with Gasteiger partial charge in [0.2, 0.25) is 0 Å². The fraction of sp³-hybridized carbons (Fsp3) is 0.375. The second kappa shape index (κ2) is 9.54. The second-order valence-corrected chi connectivity index (χ2v) is 8.02. The van der Waals surface area contributed by atoms with E-state index in [9.17, 15) is 9.90 Å². The summed E-state index contributed by atoms with van der Waals surface area (Å²) in [5.41, 5.74) is 3.23. The molecule has 1 amide bonds. The summed E-state index contributed by atoms with van der Waals surface area (Å²) >= 11 is 6.20. The zero-order chi connectivity index (χ0) is 21.8. The number of aryl methyl sites for hydroxylation is 1. The first-order chi connectivity index (χ1) is 14.4. The highest BCUT2D eigenvalue weighted by Gasteiger charge is 2.24. The van der Waals surface area contributed by atoms with Crippen LogP contribution in [0.5, 0.6) is 5.75 Å². The number of furan rings is 1. The number of carbonyl (C=O) groups is 1. The number of hydrogen-bond acceptors (Lipinski definition) is 4. The van der Waals surface area contributed by atoms with Gasteiger partial charge >= 0.3 is 0 Å². The minimum atomic E-state index is -0.277. The zero-order valence-electron chi connectivity index (χ0n) is 18.0. The predicted molar refractivity (Wildman–Crippen MR) is 123 cm³/mol. The van der Waals surface area contributed by atoms with Crippen molar-refractivity contribution in [2.45, 2.75) is 47.1 Å². The van der Waals surface area contributed by atoms with E-state index in [1.165, 1.54) is 0 Å². The van der Waals surface area contributed by atoms with Crippen molar-refractivity contribution in [3.05, 3.63) is 57.8 Å². The first-order valence-corrected chi connectivity index (χ1v) is 10.8. The van der Waals surface area contributed by atoms with Crippen LogP contribution in [0.4, 0.5) is 5.69 Å². The van der Waals surface area contributed by atoms with Gasteiger partial charge in [-0.3, -0.25) is 9.69 Å². The molecular formula is C24H29ClN2O3. The number of phenols is 1. The molecule has 0 aliphatic carbocycles. The fourth-order valence-electron chi connectivity index (χ4n) is 3.85. The van der Waals surface area contributed by atoms with Crippen LogP contribution < -0.4 is 5.32 Å². The Hall–Kier alpha value is -2.50. The molecule has 1 heterocycles. The van der Waals surface area contributed by atoms with E-state index in [0.29, 0.717) is 39.5 Å². The van der Waals surface area contributed by atoms with Crippen LogP contribution >= 0.6 is 11.6 Å². The van der Waals surface area contributed by atoms with Gasteiger partial charge in [-0.15, -0.1) is 0 Å². The second-order valence-electron chi connectivity index (χ2n) is 7.61. The minimum Gasteiger partial charge on any atom is -0.508 e. The fourth-order valence-corrected chi connectivity index (χ4v) is 4.03. The average Bonchev–Trinajstić information content (AvgIpc) is 3.04. The summed E-state index contributed by atoms with van der Waals surface area (Å²) in [4.78, 5) is 15.6. The molecule has 0 bridgehead atoms. The van der Waals surface area contributed by atoms with E-state index in [1.807, 2.05) is 13.0 Å².